The van der Waals surface area contributed by atoms with Gasteiger partial charge in [0.05, 0.1) is 22.9 Å². The fourth-order valence-corrected chi connectivity index (χ4v) is 4.48. The molecule has 0 saturated heterocycles. The second-order valence-corrected chi connectivity index (χ2v) is 9.45. The summed E-state index contributed by atoms with van der Waals surface area (Å²) < 4.78 is 25.2. The Morgan fingerprint density at radius 3 is 2.41 bits per heavy atom. The van der Waals surface area contributed by atoms with Gasteiger partial charge >= 0.3 is 0 Å². The maximum absolute atomic E-state index is 13.0. The number of amides is 1. The van der Waals surface area contributed by atoms with E-state index in [1.54, 1.807) is 23.2 Å². The minimum absolute atomic E-state index is 0.126. The summed E-state index contributed by atoms with van der Waals surface area (Å²) in [5.74, 6) is -0.126. The monoisotopic (exact) mass is 425 g/mol. The minimum atomic E-state index is -3.33. The molecular formula is C21H19N3O3S2. The molecule has 29 heavy (non-hydrogen) atoms. The zero-order chi connectivity index (χ0) is 20.4. The molecule has 6 nitrogen and oxygen atoms in total. The van der Waals surface area contributed by atoms with Crippen LogP contribution in [0.25, 0.3) is 0 Å². The molecule has 1 N–H and O–H groups in total. The molecule has 2 aromatic carbocycles. The van der Waals surface area contributed by atoms with Crippen molar-refractivity contribution in [2.24, 2.45) is 5.10 Å². The van der Waals surface area contributed by atoms with Gasteiger partial charge in [0.15, 0.2) is 0 Å². The van der Waals surface area contributed by atoms with E-state index in [-0.39, 0.29) is 11.9 Å². The second-order valence-electron chi connectivity index (χ2n) is 6.76. The Morgan fingerprint density at radius 2 is 1.79 bits per heavy atom. The molecule has 1 aliphatic rings. The van der Waals surface area contributed by atoms with Crippen LogP contribution in [-0.4, -0.2) is 31.3 Å². The topological polar surface area (TPSA) is 78.8 Å². The van der Waals surface area contributed by atoms with Crippen LogP contribution in [0.15, 0.2) is 77.2 Å². The normalized spacial score (nSPS) is 16.5. The van der Waals surface area contributed by atoms with Gasteiger partial charge in [-0.25, -0.2) is 13.4 Å². The van der Waals surface area contributed by atoms with Crippen LogP contribution in [0, 0.1) is 0 Å². The fraction of sp³-hybridized carbons (Fsp3) is 0.143. The van der Waals surface area contributed by atoms with Gasteiger partial charge in [-0.2, -0.15) is 5.10 Å². The van der Waals surface area contributed by atoms with Gasteiger partial charge in [0, 0.05) is 12.1 Å². The summed E-state index contributed by atoms with van der Waals surface area (Å²) in [5, 5.41) is 8.07. The van der Waals surface area contributed by atoms with Gasteiger partial charge in [0.2, 0.25) is 10.0 Å². The third-order valence-electron chi connectivity index (χ3n) is 4.56. The zero-order valence-electron chi connectivity index (χ0n) is 15.6. The second kappa shape index (κ2) is 7.81. The Bertz CT molecular complexity index is 1140. The number of hydrazone groups is 1. The van der Waals surface area contributed by atoms with E-state index in [1.165, 1.54) is 11.3 Å². The highest BCUT2D eigenvalue weighted by Crippen LogP contribution is 2.34. The molecule has 3 aromatic rings. The van der Waals surface area contributed by atoms with E-state index >= 15 is 0 Å². The third-order valence-corrected chi connectivity index (χ3v) is 6.02. The number of sulfonamides is 1. The van der Waals surface area contributed by atoms with Gasteiger partial charge in [-0.1, -0.05) is 48.5 Å². The summed E-state index contributed by atoms with van der Waals surface area (Å²) in [5.41, 5.74) is 3.15. The van der Waals surface area contributed by atoms with Gasteiger partial charge in [-0.3, -0.25) is 9.52 Å². The molecule has 0 fully saturated rings. The van der Waals surface area contributed by atoms with Crippen LogP contribution < -0.4 is 4.72 Å². The van der Waals surface area contributed by atoms with Crippen molar-refractivity contribution in [2.75, 3.05) is 11.0 Å². The molecule has 4 rings (SSSR count). The number of carbonyl (C=O) groups excluding carboxylic acids is 1. The standard InChI is InChI=1S/C21H19N3O3S2/c1-29(26,27)23-17-11-9-15(10-12-17)18-14-19(16-6-3-2-4-7-16)24(22-18)21(25)20-8-5-13-28-20/h2-13,19,23H,14H2,1H3/t19-/m0/s1. The average molecular weight is 426 g/mol. The number of thiophene rings is 1. The summed E-state index contributed by atoms with van der Waals surface area (Å²) in [4.78, 5) is 13.7. The van der Waals surface area contributed by atoms with Crippen LogP contribution in [0.4, 0.5) is 5.69 Å². The lowest BCUT2D eigenvalue weighted by Gasteiger charge is -2.21. The van der Waals surface area contributed by atoms with Gasteiger partial charge in [-0.15, -0.1) is 11.3 Å². The number of nitrogens with one attached hydrogen (secondary N) is 1. The first-order chi connectivity index (χ1) is 13.9. The summed E-state index contributed by atoms with van der Waals surface area (Å²) in [6.07, 6.45) is 1.69. The highest BCUT2D eigenvalue weighted by molar-refractivity contribution is 7.92. The maximum Gasteiger partial charge on any atom is 0.284 e. The summed E-state index contributed by atoms with van der Waals surface area (Å²) in [7, 11) is -3.33. The van der Waals surface area contributed by atoms with Gasteiger partial charge in [-0.05, 0) is 34.7 Å². The van der Waals surface area contributed by atoms with E-state index in [0.717, 1.165) is 23.1 Å². The van der Waals surface area contributed by atoms with Crippen LogP contribution in [-0.2, 0) is 10.0 Å². The SMILES string of the molecule is CS(=O)(=O)Nc1ccc(C2=NN(C(=O)c3cccs3)[C@H](c3ccccc3)C2)cc1. The van der Waals surface area contributed by atoms with Crippen LogP contribution >= 0.6 is 11.3 Å². The first-order valence-corrected chi connectivity index (χ1v) is 11.8. The minimum Gasteiger partial charge on any atom is -0.284 e. The van der Waals surface area contributed by atoms with E-state index in [9.17, 15) is 13.2 Å². The molecule has 0 aliphatic carbocycles. The van der Waals surface area contributed by atoms with E-state index in [1.807, 2.05) is 53.9 Å². The van der Waals surface area contributed by atoms with E-state index in [2.05, 4.69) is 9.82 Å². The van der Waals surface area contributed by atoms with Crippen molar-refractivity contribution in [1.29, 1.82) is 0 Å². The molecule has 1 aliphatic heterocycles. The Morgan fingerprint density at radius 1 is 1.07 bits per heavy atom. The van der Waals surface area contributed by atoms with E-state index in [0.29, 0.717) is 17.0 Å². The number of carbonyl (C=O) groups is 1. The van der Waals surface area contributed by atoms with Crippen molar-refractivity contribution in [3.8, 4) is 0 Å². The van der Waals surface area contributed by atoms with Crippen molar-refractivity contribution < 1.29 is 13.2 Å². The molecule has 0 spiro atoms. The average Bonchev–Trinajstić information content (AvgIpc) is 3.38. The first kappa shape index (κ1) is 19.4. The largest absolute Gasteiger partial charge is 0.284 e. The highest BCUT2D eigenvalue weighted by atomic mass is 32.2. The van der Waals surface area contributed by atoms with Crippen molar-refractivity contribution >= 4 is 38.7 Å². The number of rotatable bonds is 5. The third kappa shape index (κ3) is 4.38. The van der Waals surface area contributed by atoms with Crippen molar-refractivity contribution in [1.82, 2.24) is 5.01 Å². The molecule has 1 aromatic heterocycles. The van der Waals surface area contributed by atoms with Crippen molar-refractivity contribution in [3.63, 3.8) is 0 Å². The lowest BCUT2D eigenvalue weighted by atomic mass is 9.98. The van der Waals surface area contributed by atoms with Crippen molar-refractivity contribution in [3.05, 3.63) is 88.1 Å². The van der Waals surface area contributed by atoms with Crippen molar-refractivity contribution in [2.45, 2.75) is 12.5 Å². The Hall–Kier alpha value is -2.97. The quantitative estimate of drug-likeness (QED) is 0.668. The van der Waals surface area contributed by atoms with Crippen LogP contribution in [0.5, 0.6) is 0 Å². The van der Waals surface area contributed by atoms with Gasteiger partial charge in [0.25, 0.3) is 5.91 Å². The highest BCUT2D eigenvalue weighted by Gasteiger charge is 2.33. The molecule has 2 heterocycles. The maximum atomic E-state index is 13.0. The summed E-state index contributed by atoms with van der Waals surface area (Å²) >= 11 is 1.39. The molecule has 0 unspecified atom stereocenters. The molecule has 0 radical (unpaired) electrons. The summed E-state index contributed by atoms with van der Waals surface area (Å²) in [6, 6.07) is 20.3. The molecule has 0 bridgehead atoms. The number of hydrogen-bond acceptors (Lipinski definition) is 5. The first-order valence-electron chi connectivity index (χ1n) is 8.98. The molecule has 1 amide bonds. The molecular weight excluding hydrogens is 406 g/mol. The Kier molecular flexibility index (Phi) is 5.21. The molecule has 0 saturated carbocycles. The number of benzene rings is 2. The van der Waals surface area contributed by atoms with E-state index in [4.69, 9.17) is 0 Å². The Labute approximate surface area is 173 Å². The Balaban J connectivity index is 1.65. The predicted octanol–water partition coefficient (Wildman–Crippen LogP) is 4.11. The van der Waals surface area contributed by atoms with Gasteiger partial charge in [0.1, 0.15) is 0 Å². The van der Waals surface area contributed by atoms with Crippen LogP contribution in [0.3, 0.4) is 0 Å². The molecule has 1 atom stereocenters. The molecule has 8 heteroatoms. The molecule has 148 valence electrons. The van der Waals surface area contributed by atoms with Crippen LogP contribution in [0.1, 0.15) is 33.3 Å². The number of hydrogen-bond donors (Lipinski definition) is 1. The number of nitrogens with zero attached hydrogens (tertiary/aromatic N) is 2. The van der Waals surface area contributed by atoms with Gasteiger partial charge < -0.3 is 0 Å². The van der Waals surface area contributed by atoms with Crippen LogP contribution in [0.2, 0.25) is 0 Å². The zero-order valence-corrected chi connectivity index (χ0v) is 17.3. The lowest BCUT2D eigenvalue weighted by Crippen LogP contribution is -2.26. The van der Waals surface area contributed by atoms with E-state index < -0.39 is 10.0 Å². The predicted molar refractivity (Wildman–Crippen MR) is 116 cm³/mol. The number of anilines is 1. The summed E-state index contributed by atoms with van der Waals surface area (Å²) in [6.45, 7) is 0. The fourth-order valence-electron chi connectivity index (χ4n) is 3.26. The smallest absolute Gasteiger partial charge is 0.284 e. The lowest BCUT2D eigenvalue weighted by molar-refractivity contribution is 0.0716.